The summed E-state index contributed by atoms with van der Waals surface area (Å²) in [6, 6.07) is 11.3. The van der Waals surface area contributed by atoms with E-state index in [9.17, 15) is 14.7 Å². The number of rotatable bonds is 7. The van der Waals surface area contributed by atoms with Crippen LogP contribution in [-0.4, -0.2) is 65.3 Å². The minimum Gasteiger partial charge on any atom is -0.493 e. The fourth-order valence-corrected chi connectivity index (χ4v) is 6.21. The summed E-state index contributed by atoms with van der Waals surface area (Å²) in [5, 5.41) is 14.1. The standard InChI is InChI=1S/C31H40N4O6/c1-6-31(7-2)15-24(36)35(29(32)34-31)26-19(16-39-5)17-40-22-13-12-18(14-21(22)26)28(38)33-25-20-10-8-9-11-23(20)41-30(3,4)27(25)37/h8-14,19,25-27,37H,6-7,15-17H2,1-5H3,(H2,32,34)(H,33,38)/t19-,25+,26+,27-/m0/s1. The Hall–Kier alpha value is -3.63. The molecule has 3 aliphatic heterocycles. The Morgan fingerprint density at radius 1 is 1.17 bits per heavy atom. The molecule has 0 aliphatic carbocycles. The summed E-state index contributed by atoms with van der Waals surface area (Å²) >= 11 is 0. The fraction of sp³-hybridized carbons (Fsp3) is 0.516. The Labute approximate surface area is 240 Å². The topological polar surface area (TPSA) is 136 Å². The number of guanidine groups is 1. The van der Waals surface area contributed by atoms with Crippen LogP contribution in [0.5, 0.6) is 11.5 Å². The molecule has 0 aromatic heterocycles. The van der Waals surface area contributed by atoms with Gasteiger partial charge in [0.1, 0.15) is 23.2 Å². The molecule has 0 spiro atoms. The lowest BCUT2D eigenvalue weighted by Crippen LogP contribution is -2.55. The van der Waals surface area contributed by atoms with E-state index in [2.05, 4.69) is 5.32 Å². The van der Waals surface area contributed by atoms with Gasteiger partial charge in [0.25, 0.3) is 5.91 Å². The van der Waals surface area contributed by atoms with Crippen molar-refractivity contribution in [3.63, 3.8) is 0 Å². The lowest BCUT2D eigenvalue weighted by molar-refractivity contribution is -0.133. The maximum Gasteiger partial charge on any atom is 0.251 e. The van der Waals surface area contributed by atoms with E-state index >= 15 is 0 Å². The number of nitrogens with zero attached hydrogens (tertiary/aromatic N) is 2. The number of aliphatic hydroxyl groups is 1. The van der Waals surface area contributed by atoms with Gasteiger partial charge in [0, 0.05) is 29.7 Å². The first-order valence-electron chi connectivity index (χ1n) is 14.2. The van der Waals surface area contributed by atoms with Gasteiger partial charge in [-0.3, -0.25) is 14.5 Å². The van der Waals surface area contributed by atoms with Crippen molar-refractivity contribution in [2.75, 3.05) is 20.3 Å². The number of methoxy groups -OCH3 is 1. The van der Waals surface area contributed by atoms with Crippen molar-refractivity contribution in [3.05, 3.63) is 59.2 Å². The van der Waals surface area contributed by atoms with E-state index in [1.807, 2.05) is 38.1 Å². The second-order valence-corrected chi connectivity index (χ2v) is 11.7. The van der Waals surface area contributed by atoms with Gasteiger partial charge < -0.3 is 30.4 Å². The van der Waals surface area contributed by atoms with Crippen molar-refractivity contribution in [2.45, 2.75) is 76.3 Å². The number of amides is 2. The van der Waals surface area contributed by atoms with Gasteiger partial charge in [-0.25, -0.2) is 4.99 Å². The molecule has 2 aromatic carbocycles. The largest absolute Gasteiger partial charge is 0.493 e. The van der Waals surface area contributed by atoms with Crippen LogP contribution in [0.2, 0.25) is 0 Å². The van der Waals surface area contributed by atoms with E-state index < -0.39 is 29.3 Å². The number of nitrogens with two attached hydrogens (primary N) is 1. The second-order valence-electron chi connectivity index (χ2n) is 11.7. The summed E-state index contributed by atoms with van der Waals surface area (Å²) in [7, 11) is 1.60. The fourth-order valence-electron chi connectivity index (χ4n) is 6.21. The Morgan fingerprint density at radius 3 is 2.59 bits per heavy atom. The third kappa shape index (κ3) is 5.15. The summed E-state index contributed by atoms with van der Waals surface area (Å²) in [5.74, 6) is 0.633. The van der Waals surface area contributed by atoms with Crippen molar-refractivity contribution in [1.82, 2.24) is 10.2 Å². The van der Waals surface area contributed by atoms with Crippen LogP contribution in [0, 0.1) is 5.92 Å². The Kier molecular flexibility index (Phi) is 7.74. The zero-order valence-corrected chi connectivity index (χ0v) is 24.3. The van der Waals surface area contributed by atoms with Crippen LogP contribution in [-0.2, 0) is 9.53 Å². The molecule has 3 heterocycles. The first kappa shape index (κ1) is 28.9. The maximum atomic E-state index is 13.7. The van der Waals surface area contributed by atoms with Crippen molar-refractivity contribution in [3.8, 4) is 11.5 Å². The number of carbonyl (C=O) groups excluding carboxylic acids is 2. The van der Waals surface area contributed by atoms with Crippen LogP contribution in [0.4, 0.5) is 0 Å². The molecule has 220 valence electrons. The minimum absolute atomic E-state index is 0.112. The van der Waals surface area contributed by atoms with Crippen LogP contribution < -0.4 is 20.5 Å². The first-order chi connectivity index (χ1) is 19.5. The molecule has 0 saturated carbocycles. The highest BCUT2D eigenvalue weighted by Gasteiger charge is 2.46. The minimum atomic E-state index is -0.986. The van der Waals surface area contributed by atoms with E-state index in [4.69, 9.17) is 24.9 Å². The molecule has 41 heavy (non-hydrogen) atoms. The third-order valence-corrected chi connectivity index (χ3v) is 8.75. The van der Waals surface area contributed by atoms with E-state index in [0.717, 1.165) is 0 Å². The lowest BCUT2D eigenvalue weighted by atomic mass is 9.84. The Balaban J connectivity index is 1.51. The van der Waals surface area contributed by atoms with Crippen molar-refractivity contribution in [2.24, 2.45) is 16.6 Å². The molecule has 0 radical (unpaired) electrons. The Morgan fingerprint density at radius 2 is 1.90 bits per heavy atom. The van der Waals surface area contributed by atoms with Gasteiger partial charge in [-0.2, -0.15) is 0 Å². The number of hydrogen-bond donors (Lipinski definition) is 3. The SMILES string of the molecule is CCC1(CC)CC(=O)N([C@H]2c3cc(C(=O)N[C@@H]4c5ccccc5OC(C)(C)[C@H]4O)ccc3OC[C@@H]2COC)C(N)=N1. The number of para-hydroxylation sites is 1. The van der Waals surface area contributed by atoms with Crippen LogP contribution >= 0.6 is 0 Å². The predicted octanol–water partition coefficient (Wildman–Crippen LogP) is 3.49. The number of fused-ring (bicyclic) bond motifs is 2. The highest BCUT2D eigenvalue weighted by molar-refractivity contribution is 6.00. The van der Waals surface area contributed by atoms with Gasteiger partial charge >= 0.3 is 0 Å². The van der Waals surface area contributed by atoms with Crippen LogP contribution in [0.25, 0.3) is 0 Å². The normalized spacial score (nSPS) is 26.1. The highest BCUT2D eigenvalue weighted by atomic mass is 16.5. The molecular weight excluding hydrogens is 524 g/mol. The molecule has 2 amide bonds. The number of carbonyl (C=O) groups is 2. The molecule has 5 rings (SSSR count). The summed E-state index contributed by atoms with van der Waals surface area (Å²) in [4.78, 5) is 33.7. The summed E-state index contributed by atoms with van der Waals surface area (Å²) < 4.78 is 17.5. The predicted molar refractivity (Wildman–Crippen MR) is 154 cm³/mol. The average Bonchev–Trinajstić information content (AvgIpc) is 2.95. The van der Waals surface area contributed by atoms with Gasteiger partial charge in [0.2, 0.25) is 5.91 Å². The number of aliphatic hydroxyl groups excluding tert-OH is 1. The number of hydrogen-bond acceptors (Lipinski definition) is 8. The molecule has 0 bridgehead atoms. The smallest absolute Gasteiger partial charge is 0.251 e. The Bertz CT molecular complexity index is 1350. The van der Waals surface area contributed by atoms with Crippen molar-refractivity contribution >= 4 is 17.8 Å². The lowest BCUT2D eigenvalue weighted by Gasteiger charge is -2.44. The van der Waals surface area contributed by atoms with E-state index in [1.165, 1.54) is 0 Å². The zero-order chi connectivity index (χ0) is 29.5. The molecule has 2 aromatic rings. The molecule has 0 unspecified atom stereocenters. The van der Waals surface area contributed by atoms with E-state index in [1.54, 1.807) is 44.1 Å². The summed E-state index contributed by atoms with van der Waals surface area (Å²) in [6.07, 6.45) is 0.681. The third-order valence-electron chi connectivity index (χ3n) is 8.75. The van der Waals surface area contributed by atoms with Crippen LogP contribution in [0.1, 0.15) is 80.5 Å². The maximum absolute atomic E-state index is 13.7. The number of nitrogens with one attached hydrogen (secondary N) is 1. The van der Waals surface area contributed by atoms with Crippen LogP contribution in [0.15, 0.2) is 47.5 Å². The van der Waals surface area contributed by atoms with Gasteiger partial charge in [-0.15, -0.1) is 0 Å². The van der Waals surface area contributed by atoms with Gasteiger partial charge in [-0.1, -0.05) is 32.0 Å². The molecule has 3 aliphatic rings. The second kappa shape index (κ2) is 11.0. The molecule has 4 N–H and O–H groups in total. The van der Waals surface area contributed by atoms with E-state index in [-0.39, 0.29) is 30.1 Å². The average molecular weight is 565 g/mol. The van der Waals surface area contributed by atoms with Gasteiger partial charge in [-0.05, 0) is 51.0 Å². The molecule has 0 saturated heterocycles. The number of aliphatic imine (C=N–C) groups is 1. The van der Waals surface area contributed by atoms with Crippen molar-refractivity contribution in [1.29, 1.82) is 0 Å². The molecule has 10 nitrogen and oxygen atoms in total. The number of benzene rings is 2. The summed E-state index contributed by atoms with van der Waals surface area (Å²) in [5.41, 5.74) is 6.80. The zero-order valence-electron chi connectivity index (χ0n) is 24.3. The van der Waals surface area contributed by atoms with Crippen LogP contribution in [0.3, 0.4) is 0 Å². The van der Waals surface area contributed by atoms with Crippen molar-refractivity contribution < 1.29 is 28.9 Å². The highest BCUT2D eigenvalue weighted by Crippen LogP contribution is 2.44. The number of ether oxygens (including phenoxy) is 3. The monoisotopic (exact) mass is 564 g/mol. The van der Waals surface area contributed by atoms with Gasteiger partial charge in [0.05, 0.1) is 37.3 Å². The molecular formula is C31H40N4O6. The quantitative estimate of drug-likeness (QED) is 0.468. The molecule has 10 heteroatoms. The first-order valence-corrected chi connectivity index (χ1v) is 14.2. The summed E-state index contributed by atoms with van der Waals surface area (Å²) in [6.45, 7) is 8.25. The molecule has 4 atom stereocenters. The van der Waals surface area contributed by atoms with E-state index in [0.29, 0.717) is 54.2 Å². The van der Waals surface area contributed by atoms with Gasteiger partial charge in [0.15, 0.2) is 5.96 Å². The molecule has 0 fully saturated rings.